The molecule has 4 nitrogen and oxygen atoms in total. The number of fused-ring (bicyclic) bond motifs is 1. The molecule has 0 spiro atoms. The van der Waals surface area contributed by atoms with E-state index in [9.17, 15) is 8.42 Å². The van der Waals surface area contributed by atoms with Crippen LogP contribution < -0.4 is 5.73 Å². The maximum absolute atomic E-state index is 12.9. The van der Waals surface area contributed by atoms with Crippen molar-refractivity contribution in [3.8, 4) is 0 Å². The molecular weight excluding hydrogens is 363 g/mol. The standard InChI is InChI=1S/C14H12Cl2N2O2S2/c15-11-2-1-3-12(13(11)16)22(19,20)18-8-9(4-6-17)10-5-7-21-14(10)18/h1-3,5,7-8H,4,6,17H2. The van der Waals surface area contributed by atoms with Crippen LogP contribution in [0.3, 0.4) is 0 Å². The topological polar surface area (TPSA) is 65.1 Å². The Balaban J connectivity index is 2.26. The van der Waals surface area contributed by atoms with Gasteiger partial charge in [-0.25, -0.2) is 12.4 Å². The Morgan fingerprint density at radius 2 is 2.00 bits per heavy atom. The van der Waals surface area contributed by atoms with Crippen molar-refractivity contribution in [3.63, 3.8) is 0 Å². The number of hydrogen-bond donors (Lipinski definition) is 1. The van der Waals surface area contributed by atoms with Gasteiger partial charge in [-0.2, -0.15) is 0 Å². The molecule has 0 atom stereocenters. The van der Waals surface area contributed by atoms with E-state index < -0.39 is 10.0 Å². The fraction of sp³-hybridized carbons (Fsp3) is 0.143. The van der Waals surface area contributed by atoms with Crippen LogP contribution in [0.15, 0.2) is 40.7 Å². The third kappa shape index (κ3) is 2.45. The van der Waals surface area contributed by atoms with Crippen LogP contribution in [0.2, 0.25) is 10.0 Å². The lowest BCUT2D eigenvalue weighted by atomic mass is 10.2. The number of aromatic nitrogens is 1. The molecular formula is C14H12Cl2N2O2S2. The second-order valence-corrected chi connectivity index (χ2v) is 8.15. The molecule has 0 bridgehead atoms. The highest BCUT2D eigenvalue weighted by Gasteiger charge is 2.25. The molecule has 0 amide bonds. The van der Waals surface area contributed by atoms with Gasteiger partial charge in [-0.15, -0.1) is 11.3 Å². The fourth-order valence-corrected chi connectivity index (χ4v) is 5.58. The van der Waals surface area contributed by atoms with Crippen LogP contribution in [0.5, 0.6) is 0 Å². The molecule has 2 N–H and O–H groups in total. The van der Waals surface area contributed by atoms with Crippen molar-refractivity contribution < 1.29 is 8.42 Å². The first kappa shape index (κ1) is 15.8. The molecule has 3 aromatic rings. The van der Waals surface area contributed by atoms with Gasteiger partial charge < -0.3 is 5.73 Å². The maximum Gasteiger partial charge on any atom is 0.270 e. The van der Waals surface area contributed by atoms with Crippen LogP contribution >= 0.6 is 34.5 Å². The zero-order chi connectivity index (χ0) is 15.9. The second-order valence-electron chi connectivity index (χ2n) is 4.69. The summed E-state index contributed by atoms with van der Waals surface area (Å²) in [6, 6.07) is 6.47. The van der Waals surface area contributed by atoms with Crippen molar-refractivity contribution in [2.45, 2.75) is 11.3 Å². The summed E-state index contributed by atoms with van der Waals surface area (Å²) in [5, 5.41) is 3.00. The maximum atomic E-state index is 12.9. The highest BCUT2D eigenvalue weighted by atomic mass is 35.5. The van der Waals surface area contributed by atoms with E-state index in [4.69, 9.17) is 28.9 Å². The van der Waals surface area contributed by atoms with Crippen molar-refractivity contribution >= 4 is 54.8 Å². The molecule has 0 saturated carbocycles. The molecule has 8 heteroatoms. The van der Waals surface area contributed by atoms with E-state index in [1.165, 1.54) is 21.4 Å². The van der Waals surface area contributed by atoms with E-state index in [1.807, 2.05) is 11.4 Å². The Kier molecular flexibility index (Phi) is 4.22. The van der Waals surface area contributed by atoms with Crippen LogP contribution in [0.1, 0.15) is 5.56 Å². The summed E-state index contributed by atoms with van der Waals surface area (Å²) in [6.45, 7) is 0.451. The Morgan fingerprint density at radius 3 is 2.73 bits per heavy atom. The van der Waals surface area contributed by atoms with Crippen molar-refractivity contribution in [3.05, 3.63) is 51.5 Å². The average Bonchev–Trinajstić information content (AvgIpc) is 3.05. The van der Waals surface area contributed by atoms with Crippen LogP contribution in [0, 0.1) is 0 Å². The number of thiophene rings is 1. The lowest BCUT2D eigenvalue weighted by molar-refractivity contribution is 0.589. The van der Waals surface area contributed by atoms with Gasteiger partial charge in [0, 0.05) is 11.6 Å². The van der Waals surface area contributed by atoms with Gasteiger partial charge >= 0.3 is 0 Å². The minimum Gasteiger partial charge on any atom is -0.330 e. The summed E-state index contributed by atoms with van der Waals surface area (Å²) < 4.78 is 27.1. The zero-order valence-electron chi connectivity index (χ0n) is 11.3. The van der Waals surface area contributed by atoms with Crippen molar-refractivity contribution in [2.75, 3.05) is 6.54 Å². The van der Waals surface area contributed by atoms with Crippen LogP contribution in [0.25, 0.3) is 10.2 Å². The highest BCUT2D eigenvalue weighted by molar-refractivity contribution is 7.90. The predicted molar refractivity (Wildman–Crippen MR) is 91.6 cm³/mol. The van der Waals surface area contributed by atoms with Crippen molar-refractivity contribution in [1.29, 1.82) is 0 Å². The van der Waals surface area contributed by atoms with Gasteiger partial charge in [0.05, 0.1) is 10.0 Å². The molecule has 0 fully saturated rings. The highest BCUT2D eigenvalue weighted by Crippen LogP contribution is 2.34. The summed E-state index contributed by atoms with van der Waals surface area (Å²) in [4.78, 5) is 0.644. The molecule has 3 rings (SSSR count). The quantitative estimate of drug-likeness (QED) is 0.755. The first-order chi connectivity index (χ1) is 10.5. The van der Waals surface area contributed by atoms with E-state index in [-0.39, 0.29) is 14.9 Å². The van der Waals surface area contributed by atoms with E-state index in [2.05, 4.69) is 0 Å². The van der Waals surface area contributed by atoms with Crippen LogP contribution in [0.4, 0.5) is 0 Å². The van der Waals surface area contributed by atoms with Gasteiger partial charge in [0.15, 0.2) is 0 Å². The lowest BCUT2D eigenvalue weighted by Crippen LogP contribution is -2.12. The van der Waals surface area contributed by atoms with Gasteiger partial charge in [-0.1, -0.05) is 29.3 Å². The molecule has 0 unspecified atom stereocenters. The number of hydrogen-bond acceptors (Lipinski definition) is 4. The van der Waals surface area contributed by atoms with Crippen LogP contribution in [-0.2, 0) is 16.4 Å². The van der Waals surface area contributed by atoms with E-state index in [0.29, 0.717) is 17.8 Å². The number of nitrogens with zero attached hydrogens (tertiary/aromatic N) is 1. The molecule has 116 valence electrons. The van der Waals surface area contributed by atoms with E-state index in [0.717, 1.165) is 10.9 Å². The van der Waals surface area contributed by atoms with Gasteiger partial charge in [-0.3, -0.25) is 0 Å². The van der Waals surface area contributed by atoms with Gasteiger partial charge in [-0.05, 0) is 42.1 Å². The van der Waals surface area contributed by atoms with Crippen molar-refractivity contribution in [2.24, 2.45) is 5.73 Å². The molecule has 0 radical (unpaired) electrons. The zero-order valence-corrected chi connectivity index (χ0v) is 14.4. The molecule has 0 aliphatic heterocycles. The molecule has 2 heterocycles. The molecule has 0 saturated heterocycles. The summed E-state index contributed by atoms with van der Waals surface area (Å²) in [6.07, 6.45) is 2.22. The average molecular weight is 375 g/mol. The molecule has 22 heavy (non-hydrogen) atoms. The van der Waals surface area contributed by atoms with E-state index in [1.54, 1.807) is 18.3 Å². The summed E-state index contributed by atoms with van der Waals surface area (Å²) in [5.74, 6) is 0. The van der Waals surface area contributed by atoms with Gasteiger partial charge in [0.2, 0.25) is 0 Å². The third-order valence-corrected chi connectivity index (χ3v) is 6.99. The second kappa shape index (κ2) is 5.86. The summed E-state index contributed by atoms with van der Waals surface area (Å²) in [7, 11) is -3.82. The molecule has 1 aromatic carbocycles. The van der Waals surface area contributed by atoms with Crippen LogP contribution in [-0.4, -0.2) is 18.9 Å². The largest absolute Gasteiger partial charge is 0.330 e. The monoisotopic (exact) mass is 374 g/mol. The number of nitrogens with two attached hydrogens (primary N) is 1. The Labute approximate surface area is 142 Å². The molecule has 2 aromatic heterocycles. The normalized spacial score (nSPS) is 12.1. The first-order valence-electron chi connectivity index (χ1n) is 6.44. The Morgan fingerprint density at radius 1 is 1.23 bits per heavy atom. The number of benzene rings is 1. The summed E-state index contributed by atoms with van der Waals surface area (Å²) >= 11 is 13.4. The SMILES string of the molecule is NCCc1cn(S(=O)(=O)c2cccc(Cl)c2Cl)c2sccc12. The van der Waals surface area contributed by atoms with Gasteiger partial charge in [0.1, 0.15) is 9.73 Å². The fourth-order valence-electron chi connectivity index (χ4n) is 2.31. The lowest BCUT2D eigenvalue weighted by Gasteiger charge is -2.09. The molecule has 0 aliphatic rings. The van der Waals surface area contributed by atoms with E-state index >= 15 is 0 Å². The Bertz CT molecular complexity index is 945. The first-order valence-corrected chi connectivity index (χ1v) is 9.51. The van der Waals surface area contributed by atoms with Gasteiger partial charge in [0.25, 0.3) is 10.0 Å². The minimum absolute atomic E-state index is 0.00809. The van der Waals surface area contributed by atoms with Crippen molar-refractivity contribution in [1.82, 2.24) is 3.97 Å². The summed E-state index contributed by atoms with van der Waals surface area (Å²) in [5.41, 5.74) is 6.50. The number of halogens is 2. The molecule has 0 aliphatic carbocycles. The third-order valence-electron chi connectivity index (χ3n) is 3.33. The minimum atomic E-state index is -3.82. The smallest absolute Gasteiger partial charge is 0.270 e. The Hall–Kier alpha value is -1.05. The number of rotatable bonds is 4. The predicted octanol–water partition coefficient (Wildman–Crippen LogP) is 3.75.